The molecule has 0 aromatic heterocycles. The SMILES string of the molecule is C[NH+]1CCN(C(=O)[C@@]23CC[C@H](C2)C(C)(C)C3=O)CC1. The first-order valence-corrected chi connectivity index (χ1v) is 7.53. The molecule has 0 radical (unpaired) electrons. The van der Waals surface area contributed by atoms with Crippen LogP contribution in [0.1, 0.15) is 33.1 Å². The predicted molar refractivity (Wildman–Crippen MR) is 71.8 cm³/mol. The molecule has 3 aliphatic rings. The fourth-order valence-corrected chi connectivity index (χ4v) is 4.36. The van der Waals surface area contributed by atoms with Gasteiger partial charge in [0.05, 0.1) is 33.2 Å². The molecule has 1 aliphatic heterocycles. The first-order chi connectivity index (χ1) is 8.88. The number of amides is 1. The minimum Gasteiger partial charge on any atom is -0.334 e. The second kappa shape index (κ2) is 4.05. The fraction of sp³-hybridized carbons (Fsp3) is 0.867. The van der Waals surface area contributed by atoms with Gasteiger partial charge in [-0.2, -0.15) is 0 Å². The van der Waals surface area contributed by atoms with Gasteiger partial charge in [0.1, 0.15) is 5.41 Å². The van der Waals surface area contributed by atoms with Crippen molar-refractivity contribution in [1.29, 1.82) is 0 Å². The van der Waals surface area contributed by atoms with Crippen molar-refractivity contribution in [2.45, 2.75) is 33.1 Å². The Labute approximate surface area is 115 Å². The van der Waals surface area contributed by atoms with Gasteiger partial charge in [-0.3, -0.25) is 9.59 Å². The summed E-state index contributed by atoms with van der Waals surface area (Å²) in [5, 5.41) is 0. The highest BCUT2D eigenvalue weighted by molar-refractivity contribution is 6.10. The normalized spacial score (nSPS) is 37.9. The van der Waals surface area contributed by atoms with Crippen molar-refractivity contribution in [1.82, 2.24) is 4.90 Å². The molecule has 0 aromatic carbocycles. The van der Waals surface area contributed by atoms with Crippen molar-refractivity contribution in [2.75, 3.05) is 33.2 Å². The highest BCUT2D eigenvalue weighted by Crippen LogP contribution is 2.60. The lowest BCUT2D eigenvalue weighted by atomic mass is 9.70. The summed E-state index contributed by atoms with van der Waals surface area (Å²) < 4.78 is 0. The third-order valence-electron chi connectivity index (χ3n) is 5.87. The molecule has 0 spiro atoms. The molecule has 3 rings (SSSR count). The van der Waals surface area contributed by atoms with Crippen LogP contribution in [0.5, 0.6) is 0 Å². The molecule has 2 atom stereocenters. The standard InChI is InChI=1S/C15H24N2O2/c1-14(2)11-4-5-15(10-11,12(14)18)13(19)17-8-6-16(3)7-9-17/h11H,4-10H2,1-3H3/p+1/t11-,15+/m1/s1. The molecule has 2 saturated carbocycles. The Morgan fingerprint density at radius 1 is 1.32 bits per heavy atom. The second-order valence-electron chi connectivity index (χ2n) is 7.32. The maximum atomic E-state index is 12.9. The van der Waals surface area contributed by atoms with E-state index in [-0.39, 0.29) is 17.1 Å². The number of nitrogens with one attached hydrogen (secondary N) is 1. The first kappa shape index (κ1) is 13.1. The number of ketones is 1. The van der Waals surface area contributed by atoms with Crippen LogP contribution in [0.2, 0.25) is 0 Å². The molecule has 2 bridgehead atoms. The van der Waals surface area contributed by atoms with Crippen LogP contribution in [0.25, 0.3) is 0 Å². The maximum absolute atomic E-state index is 12.9. The molecule has 3 fully saturated rings. The Balaban J connectivity index is 1.82. The van der Waals surface area contributed by atoms with Crippen molar-refractivity contribution in [2.24, 2.45) is 16.7 Å². The van der Waals surface area contributed by atoms with E-state index in [2.05, 4.69) is 7.05 Å². The summed E-state index contributed by atoms with van der Waals surface area (Å²) in [6.07, 6.45) is 2.64. The summed E-state index contributed by atoms with van der Waals surface area (Å²) in [5.41, 5.74) is -0.939. The zero-order valence-electron chi connectivity index (χ0n) is 12.3. The highest BCUT2D eigenvalue weighted by Gasteiger charge is 2.65. The Kier molecular flexibility index (Phi) is 2.79. The van der Waals surface area contributed by atoms with E-state index in [1.165, 1.54) is 4.90 Å². The predicted octanol–water partition coefficient (Wildman–Crippen LogP) is -0.261. The minimum atomic E-state index is -0.653. The topological polar surface area (TPSA) is 41.8 Å². The van der Waals surface area contributed by atoms with Crippen molar-refractivity contribution >= 4 is 11.7 Å². The monoisotopic (exact) mass is 265 g/mol. The fourth-order valence-electron chi connectivity index (χ4n) is 4.36. The van der Waals surface area contributed by atoms with Crippen LogP contribution in [-0.2, 0) is 9.59 Å². The van der Waals surface area contributed by atoms with Gasteiger partial charge in [0, 0.05) is 5.41 Å². The van der Waals surface area contributed by atoms with E-state index in [4.69, 9.17) is 0 Å². The van der Waals surface area contributed by atoms with E-state index in [1.807, 2.05) is 18.7 Å². The van der Waals surface area contributed by atoms with E-state index < -0.39 is 5.41 Å². The lowest BCUT2D eigenvalue weighted by Gasteiger charge is -2.38. The van der Waals surface area contributed by atoms with Gasteiger partial charge in [0.15, 0.2) is 5.78 Å². The van der Waals surface area contributed by atoms with Crippen LogP contribution in [0.4, 0.5) is 0 Å². The van der Waals surface area contributed by atoms with Crippen molar-refractivity contribution in [3.8, 4) is 0 Å². The molecule has 0 unspecified atom stereocenters. The van der Waals surface area contributed by atoms with Crippen LogP contribution in [-0.4, -0.2) is 49.8 Å². The van der Waals surface area contributed by atoms with Gasteiger partial charge in [-0.25, -0.2) is 0 Å². The molecule has 1 N–H and O–H groups in total. The molecule has 1 heterocycles. The number of carbonyl (C=O) groups is 2. The van der Waals surface area contributed by atoms with E-state index in [0.29, 0.717) is 5.92 Å². The molecule has 1 amide bonds. The van der Waals surface area contributed by atoms with Crippen molar-refractivity contribution < 1.29 is 14.5 Å². The van der Waals surface area contributed by atoms with Gasteiger partial charge >= 0.3 is 0 Å². The Hall–Kier alpha value is -0.900. The molecular formula is C15H25N2O2+. The molecule has 4 heteroatoms. The van der Waals surface area contributed by atoms with Crippen molar-refractivity contribution in [3.05, 3.63) is 0 Å². The van der Waals surface area contributed by atoms with Gasteiger partial charge < -0.3 is 9.80 Å². The molecule has 106 valence electrons. The van der Waals surface area contributed by atoms with E-state index in [1.54, 1.807) is 0 Å². The number of fused-ring (bicyclic) bond motifs is 2. The Morgan fingerprint density at radius 3 is 2.47 bits per heavy atom. The summed E-state index contributed by atoms with van der Waals surface area (Å²) >= 11 is 0. The van der Waals surface area contributed by atoms with Crippen LogP contribution >= 0.6 is 0 Å². The van der Waals surface area contributed by atoms with Crippen LogP contribution in [0, 0.1) is 16.7 Å². The third kappa shape index (κ3) is 1.69. The molecule has 1 saturated heterocycles. The maximum Gasteiger partial charge on any atom is 0.236 e. The average molecular weight is 265 g/mol. The van der Waals surface area contributed by atoms with Gasteiger partial charge in [-0.15, -0.1) is 0 Å². The lowest BCUT2D eigenvalue weighted by Crippen LogP contribution is -3.12. The number of carbonyl (C=O) groups excluding carboxylic acids is 2. The quantitative estimate of drug-likeness (QED) is 0.664. The molecular weight excluding hydrogens is 240 g/mol. The third-order valence-corrected chi connectivity index (χ3v) is 5.87. The summed E-state index contributed by atoms with van der Waals surface area (Å²) in [4.78, 5) is 29.0. The molecule has 2 aliphatic carbocycles. The number of rotatable bonds is 1. The van der Waals surface area contributed by atoms with Gasteiger partial charge in [-0.1, -0.05) is 13.8 Å². The van der Waals surface area contributed by atoms with Gasteiger partial charge in [-0.05, 0) is 25.2 Å². The van der Waals surface area contributed by atoms with E-state index in [0.717, 1.165) is 45.4 Å². The number of Topliss-reactive ketones (excluding diaryl/α,β-unsaturated/α-hetero) is 1. The molecule has 19 heavy (non-hydrogen) atoms. The number of hydrogen-bond acceptors (Lipinski definition) is 2. The van der Waals surface area contributed by atoms with Crippen LogP contribution < -0.4 is 4.90 Å². The number of quaternary nitrogens is 1. The molecule has 4 nitrogen and oxygen atoms in total. The van der Waals surface area contributed by atoms with Crippen molar-refractivity contribution in [3.63, 3.8) is 0 Å². The van der Waals surface area contributed by atoms with E-state index in [9.17, 15) is 9.59 Å². The number of piperazine rings is 1. The summed E-state index contributed by atoms with van der Waals surface area (Å²) in [6, 6.07) is 0. The summed E-state index contributed by atoms with van der Waals surface area (Å²) in [7, 11) is 2.16. The van der Waals surface area contributed by atoms with Gasteiger partial charge in [0.2, 0.25) is 5.91 Å². The Morgan fingerprint density at radius 2 is 1.95 bits per heavy atom. The van der Waals surface area contributed by atoms with Crippen LogP contribution in [0.15, 0.2) is 0 Å². The lowest BCUT2D eigenvalue weighted by molar-refractivity contribution is -0.883. The largest absolute Gasteiger partial charge is 0.334 e. The Bertz CT molecular complexity index is 424. The zero-order chi connectivity index (χ0) is 13.8. The summed E-state index contributed by atoms with van der Waals surface area (Å²) in [5.74, 6) is 0.771. The number of likely N-dealkylation sites (N-methyl/N-ethyl adjacent to an activating group) is 1. The second-order valence-corrected chi connectivity index (χ2v) is 7.32. The van der Waals surface area contributed by atoms with Crippen LogP contribution in [0.3, 0.4) is 0 Å². The first-order valence-electron chi connectivity index (χ1n) is 7.53. The summed E-state index contributed by atoms with van der Waals surface area (Å²) in [6.45, 7) is 7.69. The smallest absolute Gasteiger partial charge is 0.236 e. The molecule has 0 aromatic rings. The minimum absolute atomic E-state index is 0.137. The number of nitrogens with zero attached hydrogens (tertiary/aromatic N) is 1. The zero-order valence-corrected chi connectivity index (χ0v) is 12.3. The van der Waals surface area contributed by atoms with Gasteiger partial charge in [0.25, 0.3) is 0 Å². The number of hydrogen-bond donors (Lipinski definition) is 1. The average Bonchev–Trinajstić information content (AvgIpc) is 2.90. The van der Waals surface area contributed by atoms with E-state index >= 15 is 0 Å². The highest BCUT2D eigenvalue weighted by atomic mass is 16.2.